The molecule has 0 aliphatic rings. The number of hydrogen-bond acceptors (Lipinski definition) is 5. The van der Waals surface area contributed by atoms with Gasteiger partial charge in [0, 0.05) is 16.7 Å². The van der Waals surface area contributed by atoms with E-state index in [-0.39, 0.29) is 18.2 Å². The fourth-order valence-corrected chi connectivity index (χ4v) is 4.71. The number of benzene rings is 4. The highest BCUT2D eigenvalue weighted by Crippen LogP contribution is 2.30. The first-order chi connectivity index (χ1) is 20.4. The summed E-state index contributed by atoms with van der Waals surface area (Å²) >= 11 is 0. The van der Waals surface area contributed by atoms with Gasteiger partial charge in [-0.2, -0.15) is 0 Å². The molecule has 7 nitrogen and oxygen atoms in total. The predicted molar refractivity (Wildman–Crippen MR) is 166 cm³/mol. The summed E-state index contributed by atoms with van der Waals surface area (Å²) in [6.45, 7) is 2.49. The van der Waals surface area contributed by atoms with Crippen molar-refractivity contribution in [1.29, 1.82) is 5.41 Å². The molecule has 0 heterocycles. The Morgan fingerprint density at radius 2 is 1.62 bits per heavy atom. The van der Waals surface area contributed by atoms with Crippen LogP contribution >= 0.6 is 0 Å². The first-order valence-electron chi connectivity index (χ1n) is 13.8. The van der Waals surface area contributed by atoms with Crippen LogP contribution in [0.4, 0.5) is 0 Å². The highest BCUT2D eigenvalue weighted by molar-refractivity contribution is 5.96. The van der Waals surface area contributed by atoms with E-state index in [1.54, 1.807) is 30.3 Å². The van der Waals surface area contributed by atoms with Crippen molar-refractivity contribution in [1.82, 2.24) is 5.32 Å². The standard InChI is InChI=1S/C35H35N3O4/c1-3-42-32-15-8-7-14-29(32)26-17-19-27(20-18-26)34(39)38-31(21-16-24-10-5-4-6-11-24)30(35(40)41-2)23-25-12-9-13-28(22-25)33(36)37/h4-22,30-31H,3,23H2,1-2H3,(H3,36,37)(H,38,39)/b21-16+/t30-,31-/m0/s1. The van der Waals surface area contributed by atoms with Crippen LogP contribution in [0.1, 0.15) is 34.0 Å². The van der Waals surface area contributed by atoms with Crippen LogP contribution in [0.2, 0.25) is 0 Å². The third-order valence-electron chi connectivity index (χ3n) is 6.87. The number of carbonyl (C=O) groups excluding carboxylic acids is 2. The number of rotatable bonds is 12. The lowest BCUT2D eigenvalue weighted by Crippen LogP contribution is -2.43. The van der Waals surface area contributed by atoms with E-state index < -0.39 is 17.9 Å². The molecule has 0 aliphatic heterocycles. The van der Waals surface area contributed by atoms with E-state index in [9.17, 15) is 9.59 Å². The van der Waals surface area contributed by atoms with Crippen molar-refractivity contribution in [2.75, 3.05) is 13.7 Å². The smallest absolute Gasteiger partial charge is 0.311 e. The van der Waals surface area contributed by atoms with Crippen LogP contribution < -0.4 is 15.8 Å². The number of para-hydroxylation sites is 1. The minimum absolute atomic E-state index is 0.0624. The number of amidine groups is 1. The zero-order chi connectivity index (χ0) is 29.9. The topological polar surface area (TPSA) is 115 Å². The molecule has 214 valence electrons. The fourth-order valence-electron chi connectivity index (χ4n) is 4.71. The van der Waals surface area contributed by atoms with Crippen LogP contribution in [-0.4, -0.2) is 37.5 Å². The number of methoxy groups -OCH3 is 1. The van der Waals surface area contributed by atoms with Gasteiger partial charge in [0.25, 0.3) is 5.91 Å². The first-order valence-corrected chi connectivity index (χ1v) is 13.8. The molecule has 4 aromatic rings. The number of nitrogens with two attached hydrogens (primary N) is 1. The normalized spacial score (nSPS) is 12.3. The van der Waals surface area contributed by atoms with Crippen LogP contribution in [0, 0.1) is 11.3 Å². The average molecular weight is 562 g/mol. The van der Waals surface area contributed by atoms with Crippen LogP contribution in [-0.2, 0) is 16.0 Å². The maximum Gasteiger partial charge on any atom is 0.311 e. The van der Waals surface area contributed by atoms with Gasteiger partial charge >= 0.3 is 5.97 Å². The van der Waals surface area contributed by atoms with Crippen molar-refractivity contribution in [3.63, 3.8) is 0 Å². The van der Waals surface area contributed by atoms with E-state index in [2.05, 4.69) is 5.32 Å². The predicted octanol–water partition coefficient (Wildman–Crippen LogP) is 5.88. The Morgan fingerprint density at radius 3 is 2.31 bits per heavy atom. The van der Waals surface area contributed by atoms with Gasteiger partial charge in [-0.1, -0.05) is 91.0 Å². The lowest BCUT2D eigenvalue weighted by atomic mass is 9.90. The largest absolute Gasteiger partial charge is 0.493 e. The molecule has 0 unspecified atom stereocenters. The van der Waals surface area contributed by atoms with Crippen molar-refractivity contribution in [2.24, 2.45) is 11.7 Å². The Kier molecular flexibility index (Phi) is 10.3. The molecule has 0 bridgehead atoms. The fraction of sp³-hybridized carbons (Fsp3) is 0.171. The van der Waals surface area contributed by atoms with Crippen LogP contribution in [0.5, 0.6) is 5.75 Å². The molecule has 4 rings (SSSR count). The van der Waals surface area contributed by atoms with E-state index in [1.807, 2.05) is 91.9 Å². The van der Waals surface area contributed by atoms with Gasteiger partial charge in [-0.05, 0) is 54.3 Å². The minimum Gasteiger partial charge on any atom is -0.493 e. The molecule has 0 aromatic heterocycles. The summed E-state index contributed by atoms with van der Waals surface area (Å²) in [4.78, 5) is 26.6. The summed E-state index contributed by atoms with van der Waals surface area (Å²) in [5.41, 5.74) is 10.3. The quantitative estimate of drug-likeness (QED) is 0.114. The van der Waals surface area contributed by atoms with Crippen molar-refractivity contribution < 1.29 is 19.1 Å². The number of carbonyl (C=O) groups is 2. The van der Waals surface area contributed by atoms with Crippen molar-refractivity contribution in [3.05, 3.63) is 131 Å². The summed E-state index contributed by atoms with van der Waals surface area (Å²) < 4.78 is 10.9. The van der Waals surface area contributed by atoms with Gasteiger partial charge in [0.1, 0.15) is 11.6 Å². The Bertz CT molecular complexity index is 1550. The van der Waals surface area contributed by atoms with E-state index >= 15 is 0 Å². The summed E-state index contributed by atoms with van der Waals surface area (Å²) in [6, 6.07) is 31.2. The zero-order valence-corrected chi connectivity index (χ0v) is 23.7. The van der Waals surface area contributed by atoms with Gasteiger partial charge < -0.3 is 20.5 Å². The van der Waals surface area contributed by atoms with Gasteiger partial charge in [-0.25, -0.2) is 0 Å². The van der Waals surface area contributed by atoms with Crippen molar-refractivity contribution in [2.45, 2.75) is 19.4 Å². The second-order valence-corrected chi connectivity index (χ2v) is 9.72. The maximum absolute atomic E-state index is 13.5. The van der Waals surface area contributed by atoms with Gasteiger partial charge in [0.15, 0.2) is 0 Å². The Hall–Kier alpha value is -5.17. The monoisotopic (exact) mass is 561 g/mol. The number of nitrogens with one attached hydrogen (secondary N) is 2. The molecule has 4 aromatic carbocycles. The molecule has 0 saturated heterocycles. The van der Waals surface area contributed by atoms with E-state index in [0.29, 0.717) is 17.7 Å². The summed E-state index contributed by atoms with van der Waals surface area (Å²) in [6.07, 6.45) is 3.96. The third-order valence-corrected chi connectivity index (χ3v) is 6.87. The van der Waals surface area contributed by atoms with Crippen LogP contribution in [0.25, 0.3) is 17.2 Å². The third kappa shape index (κ3) is 7.73. The van der Waals surface area contributed by atoms with E-state index in [4.69, 9.17) is 20.6 Å². The van der Waals surface area contributed by atoms with Gasteiger partial charge in [-0.3, -0.25) is 15.0 Å². The van der Waals surface area contributed by atoms with Gasteiger partial charge in [0.2, 0.25) is 0 Å². The van der Waals surface area contributed by atoms with Crippen LogP contribution in [0.3, 0.4) is 0 Å². The zero-order valence-electron chi connectivity index (χ0n) is 23.7. The molecule has 2 atom stereocenters. The molecule has 1 amide bonds. The molecule has 0 fully saturated rings. The number of esters is 1. The Labute approximate surface area is 246 Å². The minimum atomic E-state index is -0.738. The number of amides is 1. The second kappa shape index (κ2) is 14.5. The molecular weight excluding hydrogens is 526 g/mol. The molecule has 4 N–H and O–H groups in total. The van der Waals surface area contributed by atoms with E-state index in [1.165, 1.54) is 7.11 Å². The van der Waals surface area contributed by atoms with Crippen molar-refractivity contribution in [3.8, 4) is 16.9 Å². The van der Waals surface area contributed by atoms with Crippen LogP contribution in [0.15, 0.2) is 109 Å². The Balaban J connectivity index is 1.63. The van der Waals surface area contributed by atoms with E-state index in [0.717, 1.165) is 28.0 Å². The lowest BCUT2D eigenvalue weighted by molar-refractivity contribution is -0.145. The molecule has 0 aliphatic carbocycles. The molecule has 42 heavy (non-hydrogen) atoms. The number of hydrogen-bond donors (Lipinski definition) is 3. The average Bonchev–Trinajstić information content (AvgIpc) is 3.02. The molecule has 0 saturated carbocycles. The first kappa shape index (κ1) is 29.8. The lowest BCUT2D eigenvalue weighted by Gasteiger charge is -2.24. The number of ether oxygens (including phenoxy) is 2. The summed E-state index contributed by atoms with van der Waals surface area (Å²) in [5.74, 6) is -0.813. The highest BCUT2D eigenvalue weighted by atomic mass is 16.5. The summed E-state index contributed by atoms with van der Waals surface area (Å²) in [7, 11) is 1.33. The summed E-state index contributed by atoms with van der Waals surface area (Å²) in [5, 5.41) is 10.8. The Morgan fingerprint density at radius 1 is 0.905 bits per heavy atom. The SMILES string of the molecule is CCOc1ccccc1-c1ccc(C(=O)N[C@@H](/C=C/c2ccccc2)[C@H](Cc2cccc(C(=N)N)c2)C(=O)OC)cc1. The second-order valence-electron chi connectivity index (χ2n) is 9.72. The van der Waals surface area contributed by atoms with Gasteiger partial charge in [0.05, 0.1) is 25.7 Å². The van der Waals surface area contributed by atoms with Crippen molar-refractivity contribution >= 4 is 23.8 Å². The number of nitrogen functional groups attached to an aromatic ring is 1. The molecule has 0 radical (unpaired) electrons. The maximum atomic E-state index is 13.5. The molecule has 7 heteroatoms. The molecular formula is C35H35N3O4. The van der Waals surface area contributed by atoms with Gasteiger partial charge in [-0.15, -0.1) is 0 Å². The highest BCUT2D eigenvalue weighted by Gasteiger charge is 2.30. The molecule has 0 spiro atoms.